The van der Waals surface area contributed by atoms with Crippen LogP contribution < -0.4 is 11.0 Å². The minimum Gasteiger partial charge on any atom is -0.296 e. The number of halogens is 4. The van der Waals surface area contributed by atoms with E-state index in [1.807, 2.05) is 5.53 Å². The zero-order chi connectivity index (χ0) is 7.78. The predicted molar refractivity (Wildman–Crippen MR) is 31.2 cm³/mol. The predicted octanol–water partition coefficient (Wildman–Crippen LogP) is 1.02. The summed E-state index contributed by atoms with van der Waals surface area (Å²) in [5, 5.41) is -0.00289. The van der Waals surface area contributed by atoms with Gasteiger partial charge in [0, 0.05) is 0 Å². The largest absolute Gasteiger partial charge is 0.500 e. The van der Waals surface area contributed by atoms with Gasteiger partial charge < -0.3 is 0 Å². The summed E-state index contributed by atoms with van der Waals surface area (Å²) in [6.45, 7) is 0. The maximum atomic E-state index is 11.7. The van der Waals surface area contributed by atoms with Crippen LogP contribution in [0.5, 0.6) is 0 Å². The number of hydrogen-bond donors (Lipinski definition) is 2. The van der Waals surface area contributed by atoms with Gasteiger partial charge in [-0.2, -0.15) is 0 Å². The highest BCUT2D eigenvalue weighted by Crippen LogP contribution is 2.22. The maximum Gasteiger partial charge on any atom is 0.500 e. The van der Waals surface area contributed by atoms with Gasteiger partial charge in [-0.25, -0.2) is 5.01 Å². The molecule has 0 fully saturated rings. The fraction of sp³-hybridized carbons (Fsp3) is 0.333. The molecule has 0 radical (unpaired) electrons. The fourth-order valence-corrected chi connectivity index (χ4v) is 0.722. The SMILES string of the molecule is FC(F)(F)N1C=C(Br)NN1. The monoisotopic (exact) mass is 217 g/mol. The van der Waals surface area contributed by atoms with E-state index in [9.17, 15) is 13.2 Å². The van der Waals surface area contributed by atoms with Crippen molar-refractivity contribution in [2.75, 3.05) is 0 Å². The van der Waals surface area contributed by atoms with Crippen LogP contribution >= 0.6 is 15.9 Å². The Morgan fingerprint density at radius 2 is 2.10 bits per heavy atom. The van der Waals surface area contributed by atoms with Gasteiger partial charge >= 0.3 is 6.30 Å². The second-order valence-corrected chi connectivity index (χ2v) is 2.41. The first-order valence-electron chi connectivity index (χ1n) is 2.25. The molecule has 0 saturated carbocycles. The van der Waals surface area contributed by atoms with Crippen molar-refractivity contribution in [2.45, 2.75) is 6.30 Å². The number of hydrogen-bond acceptors (Lipinski definition) is 3. The average molecular weight is 218 g/mol. The summed E-state index contributed by atoms with van der Waals surface area (Å²) in [6.07, 6.45) is -3.54. The topological polar surface area (TPSA) is 27.3 Å². The van der Waals surface area contributed by atoms with Gasteiger partial charge in [-0.15, -0.1) is 18.7 Å². The van der Waals surface area contributed by atoms with Crippen molar-refractivity contribution < 1.29 is 13.2 Å². The minimum atomic E-state index is -4.39. The molecule has 1 heterocycles. The molecule has 10 heavy (non-hydrogen) atoms. The number of rotatable bonds is 0. The van der Waals surface area contributed by atoms with Gasteiger partial charge in [0.05, 0.1) is 6.20 Å². The molecule has 0 spiro atoms. The zero-order valence-corrected chi connectivity index (χ0v) is 6.12. The molecule has 1 aliphatic heterocycles. The van der Waals surface area contributed by atoms with E-state index in [0.717, 1.165) is 6.20 Å². The van der Waals surface area contributed by atoms with E-state index in [1.54, 1.807) is 0 Å². The van der Waals surface area contributed by atoms with Crippen LogP contribution in [0.25, 0.3) is 0 Å². The lowest BCUT2D eigenvalue weighted by molar-refractivity contribution is -0.243. The summed E-state index contributed by atoms with van der Waals surface area (Å²) in [7, 11) is 0. The Bertz CT molecular complexity index is 165. The van der Waals surface area contributed by atoms with Gasteiger partial charge in [0.2, 0.25) is 0 Å². The third-order valence-electron chi connectivity index (χ3n) is 0.811. The van der Waals surface area contributed by atoms with Crippen LogP contribution in [0.4, 0.5) is 13.2 Å². The molecule has 0 aromatic heterocycles. The molecule has 2 N–H and O–H groups in total. The molecule has 0 saturated heterocycles. The van der Waals surface area contributed by atoms with Gasteiger partial charge in [-0.3, -0.25) is 5.43 Å². The second kappa shape index (κ2) is 2.31. The molecule has 58 valence electrons. The van der Waals surface area contributed by atoms with Crippen molar-refractivity contribution in [1.82, 2.24) is 16.0 Å². The quantitative estimate of drug-likeness (QED) is 0.594. The summed E-state index contributed by atoms with van der Waals surface area (Å²) in [5.41, 5.74) is 4.07. The maximum absolute atomic E-state index is 11.7. The minimum absolute atomic E-state index is 0.00289. The van der Waals surface area contributed by atoms with Crippen LogP contribution in [0.3, 0.4) is 0 Å². The molecular weight excluding hydrogens is 215 g/mol. The highest BCUT2D eigenvalue weighted by molar-refractivity contribution is 9.11. The molecular formula is C3H3BrF3N3. The van der Waals surface area contributed by atoms with Crippen LogP contribution in [0.1, 0.15) is 0 Å². The van der Waals surface area contributed by atoms with Crippen molar-refractivity contribution >= 4 is 15.9 Å². The van der Waals surface area contributed by atoms with Gasteiger partial charge in [0.1, 0.15) is 4.61 Å². The smallest absolute Gasteiger partial charge is 0.296 e. The summed E-state index contributed by atoms with van der Waals surface area (Å²) < 4.78 is 35.3. The van der Waals surface area contributed by atoms with E-state index in [2.05, 4.69) is 21.4 Å². The van der Waals surface area contributed by atoms with Crippen LogP contribution in [0, 0.1) is 0 Å². The molecule has 0 aromatic carbocycles. The van der Waals surface area contributed by atoms with Gasteiger partial charge in [-0.1, -0.05) is 0 Å². The Labute approximate surface area is 62.9 Å². The van der Waals surface area contributed by atoms with Crippen molar-refractivity contribution in [1.29, 1.82) is 0 Å². The van der Waals surface area contributed by atoms with Crippen molar-refractivity contribution in [3.8, 4) is 0 Å². The Morgan fingerprint density at radius 1 is 1.50 bits per heavy atom. The lowest BCUT2D eigenvalue weighted by atomic mass is 10.9. The molecule has 7 heteroatoms. The van der Waals surface area contributed by atoms with Crippen LogP contribution in [0.2, 0.25) is 0 Å². The van der Waals surface area contributed by atoms with E-state index >= 15 is 0 Å². The number of alkyl halides is 3. The standard InChI is InChI=1S/C3H3BrF3N3/c4-2-1-10(9-8-2)3(5,6)7/h1,8-9H. The Kier molecular flexibility index (Phi) is 1.78. The zero-order valence-electron chi connectivity index (χ0n) is 4.54. The summed E-state index contributed by atoms with van der Waals surface area (Å²) >= 11 is 2.82. The van der Waals surface area contributed by atoms with Gasteiger partial charge in [0.15, 0.2) is 0 Å². The third-order valence-corrected chi connectivity index (χ3v) is 1.21. The molecule has 0 aliphatic carbocycles. The van der Waals surface area contributed by atoms with E-state index in [4.69, 9.17) is 0 Å². The molecule has 1 aliphatic rings. The molecule has 3 nitrogen and oxygen atoms in total. The van der Waals surface area contributed by atoms with E-state index in [1.165, 1.54) is 0 Å². The van der Waals surface area contributed by atoms with E-state index in [0.29, 0.717) is 0 Å². The first kappa shape index (κ1) is 7.67. The van der Waals surface area contributed by atoms with Gasteiger partial charge in [0.25, 0.3) is 0 Å². The molecule has 0 amide bonds. The fourth-order valence-electron chi connectivity index (χ4n) is 0.428. The van der Waals surface area contributed by atoms with Crippen molar-refractivity contribution in [3.05, 3.63) is 10.8 Å². The first-order chi connectivity index (χ1) is 4.50. The number of nitrogens with zero attached hydrogens (tertiary/aromatic N) is 1. The normalized spacial score (nSPS) is 18.8. The summed E-state index contributed by atoms with van der Waals surface area (Å²) in [5.74, 6) is 0. The molecule has 0 atom stereocenters. The van der Waals surface area contributed by atoms with Gasteiger partial charge in [-0.05, 0) is 15.9 Å². The summed E-state index contributed by atoms with van der Waals surface area (Å²) in [4.78, 5) is 0. The number of nitrogens with one attached hydrogen (secondary N) is 2. The molecule has 1 rings (SSSR count). The Morgan fingerprint density at radius 3 is 2.30 bits per heavy atom. The van der Waals surface area contributed by atoms with Crippen LogP contribution in [0.15, 0.2) is 10.8 Å². The number of hydrazine groups is 2. The molecule has 0 unspecified atom stereocenters. The van der Waals surface area contributed by atoms with Crippen LogP contribution in [-0.2, 0) is 0 Å². The van der Waals surface area contributed by atoms with Crippen molar-refractivity contribution in [2.24, 2.45) is 0 Å². The lowest BCUT2D eigenvalue weighted by Gasteiger charge is -2.17. The lowest BCUT2D eigenvalue weighted by Crippen LogP contribution is -2.44. The highest BCUT2D eigenvalue weighted by Gasteiger charge is 2.37. The first-order valence-corrected chi connectivity index (χ1v) is 3.04. The second-order valence-electron chi connectivity index (χ2n) is 1.55. The van der Waals surface area contributed by atoms with E-state index in [-0.39, 0.29) is 9.62 Å². The van der Waals surface area contributed by atoms with E-state index < -0.39 is 6.30 Å². The third kappa shape index (κ3) is 1.54. The average Bonchev–Trinajstić information content (AvgIpc) is 2.11. The molecule has 0 aromatic rings. The van der Waals surface area contributed by atoms with Crippen molar-refractivity contribution in [3.63, 3.8) is 0 Å². The molecule has 0 bridgehead atoms. The van der Waals surface area contributed by atoms with Crippen LogP contribution in [-0.4, -0.2) is 11.3 Å². The highest BCUT2D eigenvalue weighted by atomic mass is 79.9. The summed E-state index contributed by atoms with van der Waals surface area (Å²) in [6, 6.07) is 0. The Balaban J connectivity index is 2.61. The Hall–Kier alpha value is -0.430.